The van der Waals surface area contributed by atoms with Crippen molar-refractivity contribution in [1.29, 1.82) is 0 Å². The maximum atomic E-state index is 12.4. The van der Waals surface area contributed by atoms with Gasteiger partial charge in [0.25, 0.3) is 6.01 Å². The summed E-state index contributed by atoms with van der Waals surface area (Å²) >= 11 is 6.35. The standard InChI is InChI=1S/C18H19ClN4O3S/c1-11-10-20-7-8-23(11)18-22-15-16(26-18)12(14-5-3-4-6-21-14)9-13(19)17(15)27(2,24)25/h3-6,9,11,20H,7-8,10H2,1-2H3. The summed E-state index contributed by atoms with van der Waals surface area (Å²) < 4.78 is 30.8. The summed E-state index contributed by atoms with van der Waals surface area (Å²) in [4.78, 5) is 10.9. The maximum Gasteiger partial charge on any atom is 0.298 e. The van der Waals surface area contributed by atoms with Crippen molar-refractivity contribution in [2.75, 3.05) is 30.8 Å². The first-order valence-corrected chi connectivity index (χ1v) is 10.8. The lowest BCUT2D eigenvalue weighted by molar-refractivity contribution is 0.456. The highest BCUT2D eigenvalue weighted by Gasteiger charge is 2.28. The van der Waals surface area contributed by atoms with Crippen LogP contribution in [0.5, 0.6) is 0 Å². The summed E-state index contributed by atoms with van der Waals surface area (Å²) in [7, 11) is -3.60. The fourth-order valence-corrected chi connectivity index (χ4v) is 4.85. The first kappa shape index (κ1) is 18.2. The van der Waals surface area contributed by atoms with E-state index in [0.717, 1.165) is 25.9 Å². The number of rotatable bonds is 3. The van der Waals surface area contributed by atoms with Gasteiger partial charge in [-0.05, 0) is 25.1 Å². The van der Waals surface area contributed by atoms with E-state index in [4.69, 9.17) is 16.0 Å². The molecule has 0 amide bonds. The third-order valence-electron chi connectivity index (χ3n) is 4.62. The van der Waals surface area contributed by atoms with Crippen LogP contribution in [-0.4, -0.2) is 50.3 Å². The van der Waals surface area contributed by atoms with Gasteiger partial charge in [0.2, 0.25) is 0 Å². The van der Waals surface area contributed by atoms with E-state index in [-0.39, 0.29) is 21.5 Å². The molecule has 1 N–H and O–H groups in total. The first-order valence-electron chi connectivity index (χ1n) is 8.58. The van der Waals surface area contributed by atoms with Gasteiger partial charge in [0.1, 0.15) is 10.4 Å². The average Bonchev–Trinajstić information content (AvgIpc) is 3.05. The summed E-state index contributed by atoms with van der Waals surface area (Å²) in [5, 5.41) is 3.42. The predicted octanol–water partition coefficient (Wildman–Crippen LogP) is 2.74. The molecule has 0 spiro atoms. The fourth-order valence-electron chi connectivity index (χ4n) is 3.33. The van der Waals surface area contributed by atoms with Crippen LogP contribution >= 0.6 is 11.6 Å². The van der Waals surface area contributed by atoms with Crippen LogP contribution in [-0.2, 0) is 9.84 Å². The molecule has 1 atom stereocenters. The van der Waals surface area contributed by atoms with Gasteiger partial charge in [-0.2, -0.15) is 4.98 Å². The van der Waals surface area contributed by atoms with Crippen LogP contribution in [0.1, 0.15) is 6.92 Å². The third kappa shape index (κ3) is 3.28. The van der Waals surface area contributed by atoms with Crippen molar-refractivity contribution in [3.63, 3.8) is 0 Å². The van der Waals surface area contributed by atoms with Gasteiger partial charge in [-0.25, -0.2) is 8.42 Å². The lowest BCUT2D eigenvalue weighted by Gasteiger charge is -2.32. The summed E-state index contributed by atoms with van der Waals surface area (Å²) in [5.41, 5.74) is 1.87. The number of sulfone groups is 1. The zero-order valence-electron chi connectivity index (χ0n) is 14.9. The Hall–Kier alpha value is -2.16. The summed E-state index contributed by atoms with van der Waals surface area (Å²) in [5.74, 6) is 0. The number of anilines is 1. The monoisotopic (exact) mass is 406 g/mol. The minimum absolute atomic E-state index is 0.0170. The molecule has 142 valence electrons. The zero-order valence-corrected chi connectivity index (χ0v) is 16.5. The Bertz CT molecular complexity index is 1100. The van der Waals surface area contributed by atoms with E-state index in [9.17, 15) is 8.42 Å². The van der Waals surface area contributed by atoms with Gasteiger partial charge in [0, 0.05) is 43.7 Å². The quantitative estimate of drug-likeness (QED) is 0.715. The van der Waals surface area contributed by atoms with Crippen LogP contribution in [0.25, 0.3) is 22.4 Å². The van der Waals surface area contributed by atoms with Gasteiger partial charge in [-0.1, -0.05) is 17.7 Å². The minimum Gasteiger partial charge on any atom is -0.423 e. The number of fused-ring (bicyclic) bond motifs is 1. The molecule has 0 bridgehead atoms. The molecule has 7 nitrogen and oxygen atoms in total. The second kappa shape index (κ2) is 6.78. The summed E-state index contributed by atoms with van der Waals surface area (Å²) in [6, 6.07) is 7.62. The molecule has 1 unspecified atom stereocenters. The molecule has 1 fully saturated rings. The van der Waals surface area contributed by atoms with Gasteiger partial charge in [-0.15, -0.1) is 0 Å². The van der Waals surface area contributed by atoms with Crippen molar-refractivity contribution in [3.8, 4) is 11.3 Å². The Morgan fingerprint density at radius 1 is 1.37 bits per heavy atom. The number of nitrogens with zero attached hydrogens (tertiary/aromatic N) is 3. The van der Waals surface area contributed by atoms with Crippen molar-refractivity contribution in [3.05, 3.63) is 35.5 Å². The molecule has 0 radical (unpaired) electrons. The molecule has 9 heteroatoms. The molecule has 3 heterocycles. The van der Waals surface area contributed by atoms with E-state index in [1.165, 1.54) is 0 Å². The van der Waals surface area contributed by atoms with Gasteiger partial charge in [0.15, 0.2) is 15.4 Å². The molecule has 1 saturated heterocycles. The smallest absolute Gasteiger partial charge is 0.298 e. The van der Waals surface area contributed by atoms with Gasteiger partial charge < -0.3 is 14.6 Å². The topological polar surface area (TPSA) is 88.3 Å². The molecule has 27 heavy (non-hydrogen) atoms. The number of hydrogen-bond acceptors (Lipinski definition) is 7. The Kier molecular flexibility index (Phi) is 4.57. The number of halogens is 1. The van der Waals surface area contributed by atoms with Gasteiger partial charge in [-0.3, -0.25) is 4.98 Å². The minimum atomic E-state index is -3.60. The van der Waals surface area contributed by atoms with E-state index in [1.54, 1.807) is 18.3 Å². The molecular weight excluding hydrogens is 388 g/mol. The normalized spacial score (nSPS) is 18.2. The number of piperazine rings is 1. The van der Waals surface area contributed by atoms with Crippen LogP contribution in [0.15, 0.2) is 39.8 Å². The Morgan fingerprint density at radius 3 is 2.85 bits per heavy atom. The van der Waals surface area contributed by atoms with E-state index >= 15 is 0 Å². The van der Waals surface area contributed by atoms with E-state index < -0.39 is 9.84 Å². The highest BCUT2D eigenvalue weighted by atomic mass is 35.5. The maximum absolute atomic E-state index is 12.4. The molecule has 1 aromatic carbocycles. The lowest BCUT2D eigenvalue weighted by atomic mass is 10.1. The Labute approximate surface area is 162 Å². The number of oxazole rings is 1. The van der Waals surface area contributed by atoms with Crippen molar-refractivity contribution in [1.82, 2.24) is 15.3 Å². The molecular formula is C18H19ClN4O3S. The molecule has 1 aliphatic heterocycles. The highest BCUT2D eigenvalue weighted by Crippen LogP contribution is 2.39. The molecule has 0 saturated carbocycles. The highest BCUT2D eigenvalue weighted by molar-refractivity contribution is 7.91. The number of hydrogen-bond donors (Lipinski definition) is 1. The van der Waals surface area contributed by atoms with Crippen LogP contribution < -0.4 is 10.2 Å². The fraction of sp³-hybridized carbons (Fsp3) is 0.333. The largest absolute Gasteiger partial charge is 0.423 e. The molecule has 2 aromatic heterocycles. The number of benzene rings is 1. The van der Waals surface area contributed by atoms with Crippen molar-refractivity contribution >= 4 is 38.6 Å². The van der Waals surface area contributed by atoms with Gasteiger partial charge >= 0.3 is 0 Å². The molecule has 3 aromatic rings. The summed E-state index contributed by atoms with van der Waals surface area (Å²) in [6.07, 6.45) is 2.78. The first-order chi connectivity index (χ1) is 12.9. The van der Waals surface area contributed by atoms with E-state index in [1.807, 2.05) is 17.0 Å². The predicted molar refractivity (Wildman–Crippen MR) is 105 cm³/mol. The Morgan fingerprint density at radius 2 is 2.19 bits per heavy atom. The Balaban J connectivity index is 2.00. The van der Waals surface area contributed by atoms with Crippen molar-refractivity contribution < 1.29 is 12.8 Å². The molecule has 4 rings (SSSR count). The van der Waals surface area contributed by atoms with Crippen molar-refractivity contribution in [2.24, 2.45) is 0 Å². The second-order valence-electron chi connectivity index (χ2n) is 6.64. The van der Waals surface area contributed by atoms with E-state index in [2.05, 4.69) is 22.2 Å². The number of nitrogens with one attached hydrogen (secondary N) is 1. The van der Waals surface area contributed by atoms with Crippen LogP contribution in [0.2, 0.25) is 5.02 Å². The van der Waals surface area contributed by atoms with E-state index in [0.29, 0.717) is 22.9 Å². The SMILES string of the molecule is CC1CNCCN1c1nc2c(S(C)(=O)=O)c(Cl)cc(-c3ccccn3)c2o1. The second-order valence-corrected chi connectivity index (χ2v) is 9.00. The third-order valence-corrected chi connectivity index (χ3v) is 6.19. The van der Waals surface area contributed by atoms with Crippen LogP contribution in [0, 0.1) is 0 Å². The number of pyridine rings is 1. The van der Waals surface area contributed by atoms with Crippen LogP contribution in [0.3, 0.4) is 0 Å². The molecule has 1 aliphatic rings. The lowest BCUT2D eigenvalue weighted by Crippen LogP contribution is -2.50. The average molecular weight is 407 g/mol. The van der Waals surface area contributed by atoms with Crippen LogP contribution in [0.4, 0.5) is 6.01 Å². The molecule has 0 aliphatic carbocycles. The zero-order chi connectivity index (χ0) is 19.2. The van der Waals surface area contributed by atoms with Crippen molar-refractivity contribution in [2.45, 2.75) is 17.9 Å². The number of aromatic nitrogens is 2. The van der Waals surface area contributed by atoms with Gasteiger partial charge in [0.05, 0.1) is 10.7 Å². The summed E-state index contributed by atoms with van der Waals surface area (Å²) in [6.45, 7) is 4.38.